The van der Waals surface area contributed by atoms with Gasteiger partial charge in [0, 0.05) is 47.3 Å². The lowest BCUT2D eigenvalue weighted by Crippen LogP contribution is -3.17. The molecule has 4 unspecified atom stereocenters. The fourth-order valence-electron chi connectivity index (χ4n) is 14.9. The molecular weight excluding hydrogens is 536 g/mol. The van der Waals surface area contributed by atoms with Crippen LogP contribution in [0.15, 0.2) is 0 Å². The van der Waals surface area contributed by atoms with Crippen LogP contribution in [0.2, 0.25) is 0 Å². The van der Waals surface area contributed by atoms with Crippen molar-refractivity contribution in [1.82, 2.24) is 0 Å². The second-order valence-corrected chi connectivity index (χ2v) is 19.4. The Morgan fingerprint density at radius 1 is 0.227 bits per heavy atom. The van der Waals surface area contributed by atoms with E-state index in [4.69, 9.17) is 0 Å². The predicted molar refractivity (Wildman–Crippen MR) is 178 cm³/mol. The molecule has 16 bridgehead atoms. The van der Waals surface area contributed by atoms with Crippen LogP contribution >= 0.6 is 0 Å². The van der Waals surface area contributed by atoms with Crippen molar-refractivity contribution in [3.05, 3.63) is 0 Å². The summed E-state index contributed by atoms with van der Waals surface area (Å²) in [4.78, 5) is 8.15. The molecule has 27 rings (SSSR count). The highest BCUT2D eigenvalue weighted by Gasteiger charge is 2.56. The molecule has 0 amide bonds. The largest absolute Gasteiger partial charge is 0.335 e. The second kappa shape index (κ2) is 13.0. The van der Waals surface area contributed by atoms with Crippen LogP contribution in [0.1, 0.15) is 103 Å². The number of nitrogens with one attached hydrogen (secondary N) is 4. The fraction of sp³-hybridized carbons (Fsp3) is 1.00. The van der Waals surface area contributed by atoms with Crippen molar-refractivity contribution in [3.8, 4) is 0 Å². The molecule has 0 aromatic rings. The number of quaternary nitrogens is 4. The Morgan fingerprint density at radius 3 is 0.795 bits per heavy atom. The van der Waals surface area contributed by atoms with Crippen molar-refractivity contribution in [3.63, 3.8) is 0 Å². The first-order chi connectivity index (χ1) is 21.7. The SMILES string of the molecule is C1CC2CCC1C[NH+]1CCC(CC1)C1CC[NH+](CC1)CC1CCC(CC1)C[NH+]1CC3CCC4C[NH+](C2)CC2CCC(C1)C3C42. The molecule has 0 aromatic heterocycles. The number of hydrogen-bond acceptors (Lipinski definition) is 0. The molecule has 44 heavy (non-hydrogen) atoms. The van der Waals surface area contributed by atoms with Gasteiger partial charge in [-0.25, -0.2) is 0 Å². The molecule has 27 fully saturated rings. The first-order valence-electron chi connectivity index (χ1n) is 21.0. The molecule has 4 N–H and O–H groups in total. The van der Waals surface area contributed by atoms with Gasteiger partial charge in [-0.3, -0.25) is 0 Å². The average molecular weight is 609 g/mol. The van der Waals surface area contributed by atoms with Gasteiger partial charge in [0.15, 0.2) is 0 Å². The van der Waals surface area contributed by atoms with Gasteiger partial charge >= 0.3 is 0 Å². The summed E-state index contributed by atoms with van der Waals surface area (Å²) in [6, 6.07) is 0. The number of piperidine rings is 4. The maximum atomic E-state index is 2.07. The minimum Gasteiger partial charge on any atom is -0.335 e. The smallest absolute Gasteiger partial charge is 0.0802 e. The highest BCUT2D eigenvalue weighted by Crippen LogP contribution is 2.52. The molecular formula is C40H72N4+4. The summed E-state index contributed by atoms with van der Waals surface area (Å²) >= 11 is 0. The van der Waals surface area contributed by atoms with Crippen LogP contribution in [-0.4, -0.2) is 78.5 Å². The van der Waals surface area contributed by atoms with Crippen LogP contribution in [-0.2, 0) is 0 Å². The van der Waals surface area contributed by atoms with E-state index in [0.29, 0.717) is 0 Å². The number of rotatable bonds is 0. The van der Waals surface area contributed by atoms with E-state index in [2.05, 4.69) is 9.80 Å². The summed E-state index contributed by atoms with van der Waals surface area (Å²) in [7, 11) is 0. The van der Waals surface area contributed by atoms with Crippen molar-refractivity contribution in [2.24, 2.45) is 71.0 Å². The second-order valence-electron chi connectivity index (χ2n) is 19.4. The zero-order valence-corrected chi connectivity index (χ0v) is 28.7. The van der Waals surface area contributed by atoms with Gasteiger partial charge in [-0.05, 0) is 126 Å². The Morgan fingerprint density at radius 2 is 0.500 bits per heavy atom. The monoisotopic (exact) mass is 609 g/mol. The molecule has 23 aliphatic heterocycles. The zero-order valence-electron chi connectivity index (χ0n) is 28.7. The standard InChI is InChI=1S/C40H68N4/c1-5-31-6-2-29(1)21-41-17-13-33(14-18-41)34-15-19-42(20-16-34)22-30-3-7-32(8-4-30)24-44-27-37-11-9-35-25-43(23-31)26-36-10-12-38(28-44)40(37)39(35)36/h29-40H,1-28H2/p+4. The van der Waals surface area contributed by atoms with Gasteiger partial charge < -0.3 is 19.6 Å². The molecule has 23 saturated heterocycles. The topological polar surface area (TPSA) is 17.8 Å². The van der Waals surface area contributed by atoms with Gasteiger partial charge in [0.05, 0.1) is 78.5 Å². The van der Waals surface area contributed by atoms with Crippen molar-refractivity contribution in [2.75, 3.05) is 78.5 Å². The summed E-state index contributed by atoms with van der Waals surface area (Å²) in [5.74, 6) is 13.0. The summed E-state index contributed by atoms with van der Waals surface area (Å²) in [5, 5.41) is 0. The summed E-state index contributed by atoms with van der Waals surface area (Å²) < 4.78 is 0. The third-order valence-corrected chi connectivity index (χ3v) is 17.0. The van der Waals surface area contributed by atoms with Crippen LogP contribution in [0.4, 0.5) is 0 Å². The van der Waals surface area contributed by atoms with Gasteiger partial charge in [-0.15, -0.1) is 0 Å². The Hall–Kier alpha value is -0.160. The van der Waals surface area contributed by atoms with Gasteiger partial charge in [-0.2, -0.15) is 0 Å². The predicted octanol–water partition coefficient (Wildman–Crippen LogP) is 1.28. The van der Waals surface area contributed by atoms with Gasteiger partial charge in [0.1, 0.15) is 0 Å². The Bertz CT molecular complexity index is 833. The third-order valence-electron chi connectivity index (χ3n) is 17.0. The van der Waals surface area contributed by atoms with E-state index in [1.54, 1.807) is 142 Å². The van der Waals surface area contributed by atoms with Crippen LogP contribution in [0, 0.1) is 71.0 Å². The van der Waals surface area contributed by atoms with Crippen LogP contribution < -0.4 is 19.6 Å². The lowest BCUT2D eigenvalue weighted by molar-refractivity contribution is -0.926. The Balaban J connectivity index is 0.874. The minimum atomic E-state index is 1.05. The molecule has 0 spiro atoms. The molecule has 23 heterocycles. The van der Waals surface area contributed by atoms with Crippen molar-refractivity contribution < 1.29 is 19.6 Å². The highest BCUT2D eigenvalue weighted by atomic mass is 15.2. The summed E-state index contributed by atoms with van der Waals surface area (Å²) in [6.45, 7) is 18.4. The van der Waals surface area contributed by atoms with E-state index in [-0.39, 0.29) is 0 Å². The van der Waals surface area contributed by atoms with Crippen LogP contribution in [0.3, 0.4) is 0 Å². The maximum absolute atomic E-state index is 2.07. The van der Waals surface area contributed by atoms with Gasteiger partial charge in [0.2, 0.25) is 0 Å². The quantitative estimate of drug-likeness (QED) is 0.318. The lowest BCUT2D eigenvalue weighted by Gasteiger charge is -2.58. The third kappa shape index (κ3) is 6.23. The van der Waals surface area contributed by atoms with E-state index in [9.17, 15) is 0 Å². The summed E-state index contributed by atoms with van der Waals surface area (Å²) in [5.41, 5.74) is 0. The van der Waals surface area contributed by atoms with E-state index in [1.807, 2.05) is 9.80 Å². The molecule has 4 heteroatoms. The molecule has 248 valence electrons. The maximum Gasteiger partial charge on any atom is 0.0802 e. The highest BCUT2D eigenvalue weighted by molar-refractivity contribution is 4.99. The van der Waals surface area contributed by atoms with Crippen LogP contribution in [0.25, 0.3) is 0 Å². The van der Waals surface area contributed by atoms with E-state index < -0.39 is 0 Å². The Kier molecular flexibility index (Phi) is 8.87. The molecule has 4 atom stereocenters. The summed E-state index contributed by atoms with van der Waals surface area (Å²) in [6.07, 6.45) is 25.1. The number of hydrogen-bond donors (Lipinski definition) is 4. The first kappa shape index (κ1) is 29.9. The van der Waals surface area contributed by atoms with Crippen molar-refractivity contribution in [1.29, 1.82) is 0 Å². The molecule has 4 nitrogen and oxygen atoms in total. The lowest BCUT2D eigenvalue weighted by atomic mass is 9.51. The Labute approximate surface area is 271 Å². The first-order valence-corrected chi connectivity index (χ1v) is 21.0. The van der Waals surface area contributed by atoms with Crippen molar-refractivity contribution in [2.45, 2.75) is 103 Å². The van der Waals surface area contributed by atoms with E-state index >= 15 is 0 Å². The van der Waals surface area contributed by atoms with E-state index in [1.165, 1.54) is 39.3 Å². The fourth-order valence-corrected chi connectivity index (χ4v) is 14.9. The zero-order chi connectivity index (χ0) is 29.0. The average Bonchev–Trinajstić information content (AvgIpc) is 3.06. The van der Waals surface area contributed by atoms with Gasteiger partial charge in [-0.1, -0.05) is 0 Å². The van der Waals surface area contributed by atoms with Gasteiger partial charge in [0.25, 0.3) is 0 Å². The minimum absolute atomic E-state index is 1.05. The molecule has 4 aliphatic carbocycles. The molecule has 0 aromatic carbocycles. The van der Waals surface area contributed by atoms with Crippen molar-refractivity contribution >= 4 is 0 Å². The molecule has 4 saturated carbocycles. The molecule has 0 radical (unpaired) electrons. The molecule has 27 aliphatic rings. The van der Waals surface area contributed by atoms with E-state index in [0.717, 1.165) is 71.0 Å². The normalized spacial score (nSPS) is 54.5. The van der Waals surface area contributed by atoms with Crippen LogP contribution in [0.5, 0.6) is 0 Å².